The molecule has 2 heterocycles. The molecular weight excluding hydrogens is 386 g/mol. The Hall–Kier alpha value is -3.42. The molecule has 0 aliphatic rings. The molecule has 0 amide bonds. The van der Waals surface area contributed by atoms with Crippen molar-refractivity contribution in [1.82, 2.24) is 15.0 Å². The number of imidazole rings is 1. The summed E-state index contributed by atoms with van der Waals surface area (Å²) < 4.78 is 53.8. The van der Waals surface area contributed by atoms with Crippen LogP contribution in [0.25, 0.3) is 22.6 Å². The van der Waals surface area contributed by atoms with Crippen molar-refractivity contribution < 1.29 is 22.4 Å². The third kappa shape index (κ3) is 3.41. The number of fused-ring (bicyclic) bond motifs is 1. The zero-order chi connectivity index (χ0) is 20.8. The maximum atomic E-state index is 14.2. The fraction of sp³-hybridized carbons (Fsp3) is 0.143. The van der Waals surface area contributed by atoms with Gasteiger partial charge in [0.2, 0.25) is 0 Å². The number of nitrogens with one attached hydrogen (secondary N) is 2. The number of hydrogen-bond acceptors (Lipinski definition) is 2. The molecule has 0 spiro atoms. The van der Waals surface area contributed by atoms with Gasteiger partial charge in [0.05, 0.1) is 16.8 Å². The smallest absolute Gasteiger partial charge is 0.358 e. The van der Waals surface area contributed by atoms with Gasteiger partial charge in [-0.3, -0.25) is 4.79 Å². The van der Waals surface area contributed by atoms with Gasteiger partial charge >= 0.3 is 6.18 Å². The fourth-order valence-corrected chi connectivity index (χ4v) is 3.21. The van der Waals surface area contributed by atoms with E-state index in [1.165, 1.54) is 30.5 Å². The van der Waals surface area contributed by atoms with Gasteiger partial charge in [-0.1, -0.05) is 25.1 Å². The summed E-state index contributed by atoms with van der Waals surface area (Å²) in [4.78, 5) is 22.7. The number of aromatic amines is 2. The van der Waals surface area contributed by atoms with Gasteiger partial charge in [0.1, 0.15) is 5.52 Å². The minimum atomic E-state index is -4.64. The summed E-state index contributed by atoms with van der Waals surface area (Å²) in [6.07, 6.45) is -2.68. The molecule has 0 fully saturated rings. The molecule has 0 saturated carbocycles. The minimum absolute atomic E-state index is 0.0480. The highest BCUT2D eigenvalue weighted by Crippen LogP contribution is 2.33. The predicted octanol–water partition coefficient (Wildman–Crippen LogP) is 5.51. The molecule has 0 saturated heterocycles. The van der Waals surface area contributed by atoms with E-state index in [1.54, 1.807) is 6.07 Å². The van der Waals surface area contributed by atoms with Crippen LogP contribution in [-0.2, 0) is 12.6 Å². The normalized spacial score (nSPS) is 11.9. The van der Waals surface area contributed by atoms with E-state index >= 15 is 0 Å². The van der Waals surface area contributed by atoms with Crippen LogP contribution in [0.2, 0.25) is 0 Å². The molecule has 0 radical (unpaired) electrons. The van der Waals surface area contributed by atoms with Crippen molar-refractivity contribution in [3.8, 4) is 11.5 Å². The first-order valence-corrected chi connectivity index (χ1v) is 8.85. The van der Waals surface area contributed by atoms with Crippen molar-refractivity contribution in [3.63, 3.8) is 0 Å². The van der Waals surface area contributed by atoms with Crippen molar-refractivity contribution >= 4 is 16.8 Å². The molecule has 0 aliphatic heterocycles. The van der Waals surface area contributed by atoms with E-state index < -0.39 is 28.9 Å². The van der Waals surface area contributed by atoms with E-state index in [0.29, 0.717) is 17.6 Å². The van der Waals surface area contributed by atoms with Crippen LogP contribution in [0.3, 0.4) is 0 Å². The van der Waals surface area contributed by atoms with Gasteiger partial charge in [-0.2, -0.15) is 13.2 Å². The largest absolute Gasteiger partial charge is 0.417 e. The second kappa shape index (κ2) is 6.88. The lowest BCUT2D eigenvalue weighted by molar-refractivity contribution is -0.137. The number of aryl methyl sites for hydroxylation is 1. The molecule has 2 aromatic carbocycles. The van der Waals surface area contributed by atoms with Gasteiger partial charge in [-0.25, -0.2) is 9.37 Å². The molecule has 4 rings (SSSR count). The highest BCUT2D eigenvalue weighted by molar-refractivity contribution is 6.10. The number of H-pyrrole nitrogens is 2. The van der Waals surface area contributed by atoms with E-state index in [2.05, 4.69) is 15.0 Å². The van der Waals surface area contributed by atoms with E-state index in [4.69, 9.17) is 0 Å². The number of alkyl halides is 3. The van der Waals surface area contributed by atoms with Crippen LogP contribution < -0.4 is 0 Å². The predicted molar refractivity (Wildman–Crippen MR) is 100 cm³/mol. The topological polar surface area (TPSA) is 61.5 Å². The van der Waals surface area contributed by atoms with Crippen molar-refractivity contribution in [2.75, 3.05) is 0 Å². The number of rotatable bonds is 4. The van der Waals surface area contributed by atoms with Crippen LogP contribution in [0.4, 0.5) is 17.6 Å². The van der Waals surface area contributed by atoms with Gasteiger partial charge in [-0.05, 0) is 36.2 Å². The van der Waals surface area contributed by atoms with Gasteiger partial charge < -0.3 is 9.97 Å². The molecule has 148 valence electrons. The molecule has 29 heavy (non-hydrogen) atoms. The third-order valence-corrected chi connectivity index (χ3v) is 4.69. The summed E-state index contributed by atoms with van der Waals surface area (Å²) in [6, 6.07) is 9.20. The lowest BCUT2D eigenvalue weighted by Crippen LogP contribution is -2.13. The summed E-state index contributed by atoms with van der Waals surface area (Å²) >= 11 is 0. The first-order chi connectivity index (χ1) is 13.8. The number of nitrogens with zero attached hydrogens (tertiary/aromatic N) is 1. The molecule has 8 heteroatoms. The zero-order valence-electron chi connectivity index (χ0n) is 15.2. The monoisotopic (exact) mass is 401 g/mol. The van der Waals surface area contributed by atoms with Crippen molar-refractivity contribution in [1.29, 1.82) is 0 Å². The maximum absolute atomic E-state index is 14.2. The van der Waals surface area contributed by atoms with Gasteiger partial charge in [0.25, 0.3) is 0 Å². The van der Waals surface area contributed by atoms with Crippen molar-refractivity contribution in [2.45, 2.75) is 19.5 Å². The Morgan fingerprint density at radius 2 is 1.90 bits per heavy atom. The summed E-state index contributed by atoms with van der Waals surface area (Å²) in [5.41, 5.74) is 0.443. The van der Waals surface area contributed by atoms with Crippen LogP contribution in [0.1, 0.15) is 34.0 Å². The quantitative estimate of drug-likeness (QED) is 0.350. The molecule has 4 nitrogen and oxygen atoms in total. The van der Waals surface area contributed by atoms with Crippen LogP contribution >= 0.6 is 0 Å². The number of carbonyl (C=O) groups is 1. The van der Waals surface area contributed by atoms with E-state index in [1.807, 2.05) is 6.92 Å². The first kappa shape index (κ1) is 18.9. The molecule has 0 atom stereocenters. The Labute approximate surface area is 162 Å². The number of aromatic nitrogens is 3. The Kier molecular flexibility index (Phi) is 4.49. The molecule has 2 aromatic heterocycles. The van der Waals surface area contributed by atoms with Crippen LogP contribution in [-0.4, -0.2) is 20.7 Å². The standard InChI is InChI=1S/C21H15F4N3O/c1-2-11-7-15(22)18-16(8-11)27-20(28-18)17-9-12(10-26-17)19(29)13-5-3-4-6-14(13)21(23,24)25/h3-10,26H,2H2,1H3,(H,27,28). The Morgan fingerprint density at radius 3 is 2.62 bits per heavy atom. The van der Waals surface area contributed by atoms with Crippen LogP contribution in [0.5, 0.6) is 0 Å². The molecule has 4 aromatic rings. The number of halogens is 4. The van der Waals surface area contributed by atoms with Gasteiger partial charge in [-0.15, -0.1) is 0 Å². The Morgan fingerprint density at radius 1 is 1.14 bits per heavy atom. The Bertz CT molecular complexity index is 1220. The summed E-state index contributed by atoms with van der Waals surface area (Å²) in [6.45, 7) is 1.90. The Balaban J connectivity index is 1.72. The fourth-order valence-electron chi connectivity index (χ4n) is 3.21. The molecule has 0 aliphatic carbocycles. The second-order valence-corrected chi connectivity index (χ2v) is 6.59. The highest BCUT2D eigenvalue weighted by atomic mass is 19.4. The zero-order valence-corrected chi connectivity index (χ0v) is 15.2. The van der Waals surface area contributed by atoms with Crippen molar-refractivity contribution in [2.24, 2.45) is 0 Å². The first-order valence-electron chi connectivity index (χ1n) is 8.85. The van der Waals surface area contributed by atoms with Gasteiger partial charge in [0, 0.05) is 17.3 Å². The van der Waals surface area contributed by atoms with Crippen molar-refractivity contribution in [3.05, 3.63) is 76.7 Å². The number of benzene rings is 2. The molecular formula is C21H15F4N3O. The van der Waals surface area contributed by atoms with Crippen LogP contribution in [0.15, 0.2) is 48.7 Å². The van der Waals surface area contributed by atoms with E-state index in [0.717, 1.165) is 17.7 Å². The third-order valence-electron chi connectivity index (χ3n) is 4.69. The van der Waals surface area contributed by atoms with Crippen LogP contribution in [0, 0.1) is 5.82 Å². The minimum Gasteiger partial charge on any atom is -0.358 e. The van der Waals surface area contributed by atoms with E-state index in [9.17, 15) is 22.4 Å². The summed E-state index contributed by atoms with van der Waals surface area (Å²) in [5.74, 6) is -0.949. The molecule has 2 N–H and O–H groups in total. The lowest BCUT2D eigenvalue weighted by Gasteiger charge is -2.10. The van der Waals surface area contributed by atoms with Gasteiger partial charge in [0.15, 0.2) is 17.4 Å². The van der Waals surface area contributed by atoms with E-state index in [-0.39, 0.29) is 16.9 Å². The summed E-state index contributed by atoms with van der Waals surface area (Å²) in [7, 11) is 0. The second-order valence-electron chi connectivity index (χ2n) is 6.59. The average molecular weight is 401 g/mol. The summed E-state index contributed by atoms with van der Waals surface area (Å²) in [5, 5.41) is 0. The lowest BCUT2D eigenvalue weighted by atomic mass is 9.99. The number of carbonyl (C=O) groups excluding carboxylic acids is 1. The molecule has 0 unspecified atom stereocenters. The molecule has 0 bridgehead atoms. The maximum Gasteiger partial charge on any atom is 0.417 e. The number of hydrogen-bond donors (Lipinski definition) is 2. The number of ketones is 1. The highest BCUT2D eigenvalue weighted by Gasteiger charge is 2.35. The SMILES string of the molecule is CCc1cc(F)c2nc(-c3cc(C(=O)c4ccccc4C(F)(F)F)c[nH]3)[nH]c2c1. The average Bonchev–Trinajstić information content (AvgIpc) is 3.34.